The Balaban J connectivity index is 1.42. The van der Waals surface area contributed by atoms with Crippen molar-refractivity contribution in [2.45, 2.75) is 19.3 Å². The van der Waals surface area contributed by atoms with Crippen LogP contribution in [0.15, 0.2) is 65.8 Å². The van der Waals surface area contributed by atoms with E-state index in [1.807, 2.05) is 42.5 Å². The summed E-state index contributed by atoms with van der Waals surface area (Å²) in [5.41, 5.74) is 3.90. The third-order valence-electron chi connectivity index (χ3n) is 5.42. The predicted molar refractivity (Wildman–Crippen MR) is 124 cm³/mol. The minimum absolute atomic E-state index is 0.0159. The number of hydrazone groups is 1. The molecule has 0 atom stereocenters. The van der Waals surface area contributed by atoms with Gasteiger partial charge < -0.3 is 9.64 Å². The molecule has 1 amide bonds. The number of anilines is 1. The number of rotatable bonds is 7. The predicted octanol–water partition coefficient (Wildman–Crippen LogP) is 4.27. The fourth-order valence-electron chi connectivity index (χ4n) is 3.85. The molecule has 164 valence electrons. The first-order valence-corrected chi connectivity index (χ1v) is 10.6. The van der Waals surface area contributed by atoms with Crippen LogP contribution in [-0.2, 0) is 4.79 Å². The molecular weight excluding hydrogens is 408 g/mol. The molecular formula is C24H24N4O4. The number of hydrogen-bond acceptors (Lipinski definition) is 6. The first-order chi connectivity index (χ1) is 15.6. The van der Waals surface area contributed by atoms with Gasteiger partial charge in [0.1, 0.15) is 5.75 Å². The highest BCUT2D eigenvalue weighted by atomic mass is 16.6. The highest BCUT2D eigenvalue weighted by Gasteiger charge is 2.17. The Bertz CT molecular complexity index is 1150. The highest BCUT2D eigenvalue weighted by Crippen LogP contribution is 2.27. The lowest BCUT2D eigenvalue weighted by Gasteiger charge is -2.29. The molecule has 32 heavy (non-hydrogen) atoms. The van der Waals surface area contributed by atoms with Crippen molar-refractivity contribution in [1.82, 2.24) is 5.43 Å². The third kappa shape index (κ3) is 5.03. The van der Waals surface area contributed by atoms with Crippen LogP contribution in [0.3, 0.4) is 0 Å². The van der Waals surface area contributed by atoms with Crippen molar-refractivity contribution in [3.05, 3.63) is 76.3 Å². The summed E-state index contributed by atoms with van der Waals surface area (Å²) < 4.78 is 5.67. The summed E-state index contributed by atoms with van der Waals surface area (Å²) in [6, 6.07) is 18.2. The normalized spacial score (nSPS) is 13.9. The van der Waals surface area contributed by atoms with E-state index in [1.54, 1.807) is 6.07 Å². The number of nitrogens with one attached hydrogen (secondary N) is 1. The number of nitro benzene ring substituents is 1. The monoisotopic (exact) mass is 432 g/mol. The molecule has 1 aliphatic rings. The van der Waals surface area contributed by atoms with Gasteiger partial charge in [-0.3, -0.25) is 14.9 Å². The number of non-ortho nitro benzene ring substituents is 1. The number of amides is 1. The lowest BCUT2D eigenvalue weighted by molar-refractivity contribution is -0.384. The van der Waals surface area contributed by atoms with Crippen molar-refractivity contribution >= 4 is 34.3 Å². The number of carbonyl (C=O) groups excluding carboxylic acids is 1. The van der Waals surface area contributed by atoms with Gasteiger partial charge in [0, 0.05) is 41.9 Å². The van der Waals surface area contributed by atoms with Crippen LogP contribution in [0, 0.1) is 10.1 Å². The van der Waals surface area contributed by atoms with Crippen LogP contribution in [0.5, 0.6) is 5.75 Å². The van der Waals surface area contributed by atoms with Crippen LogP contribution in [0.2, 0.25) is 0 Å². The molecule has 0 radical (unpaired) electrons. The zero-order chi connectivity index (χ0) is 22.3. The highest BCUT2D eigenvalue weighted by molar-refractivity contribution is 5.91. The molecule has 1 fully saturated rings. The second kappa shape index (κ2) is 9.91. The summed E-state index contributed by atoms with van der Waals surface area (Å²) in [6.45, 7) is 1.59. The molecule has 0 saturated carbocycles. The van der Waals surface area contributed by atoms with Gasteiger partial charge in [-0.05, 0) is 36.8 Å². The molecule has 1 saturated heterocycles. The second-order valence-corrected chi connectivity index (χ2v) is 7.61. The molecule has 0 aromatic heterocycles. The molecule has 0 aliphatic carbocycles. The molecule has 0 bridgehead atoms. The van der Waals surface area contributed by atoms with E-state index < -0.39 is 10.8 Å². The Kier molecular flexibility index (Phi) is 6.60. The van der Waals surface area contributed by atoms with Gasteiger partial charge in [-0.2, -0.15) is 5.10 Å². The molecule has 0 spiro atoms. The number of nitro groups is 1. The van der Waals surface area contributed by atoms with Crippen molar-refractivity contribution in [3.63, 3.8) is 0 Å². The van der Waals surface area contributed by atoms with Gasteiger partial charge in [0.25, 0.3) is 11.6 Å². The molecule has 4 rings (SSSR count). The zero-order valence-corrected chi connectivity index (χ0v) is 17.6. The van der Waals surface area contributed by atoms with Crippen molar-refractivity contribution < 1.29 is 14.5 Å². The van der Waals surface area contributed by atoms with Gasteiger partial charge >= 0.3 is 0 Å². The van der Waals surface area contributed by atoms with Gasteiger partial charge in [0.15, 0.2) is 6.61 Å². The van der Waals surface area contributed by atoms with Crippen LogP contribution in [0.25, 0.3) is 10.8 Å². The Morgan fingerprint density at radius 1 is 1.09 bits per heavy atom. The molecule has 0 unspecified atom stereocenters. The quantitative estimate of drug-likeness (QED) is 0.342. The first kappa shape index (κ1) is 21.3. The average molecular weight is 432 g/mol. The molecule has 8 nitrogen and oxygen atoms in total. The fourth-order valence-corrected chi connectivity index (χ4v) is 3.85. The lowest BCUT2D eigenvalue weighted by atomic mass is 10.1. The minimum Gasteiger partial charge on any atom is -0.483 e. The number of piperidine rings is 1. The topological polar surface area (TPSA) is 97.1 Å². The summed E-state index contributed by atoms with van der Waals surface area (Å²) in [5, 5.41) is 17.2. The maximum Gasteiger partial charge on any atom is 0.277 e. The third-order valence-corrected chi connectivity index (χ3v) is 5.42. The number of ether oxygens (including phenoxy) is 1. The molecule has 1 N–H and O–H groups in total. The van der Waals surface area contributed by atoms with Gasteiger partial charge in [-0.25, -0.2) is 5.43 Å². The summed E-state index contributed by atoms with van der Waals surface area (Å²) in [4.78, 5) is 25.2. The fraction of sp³-hybridized carbons (Fsp3) is 0.250. The molecule has 3 aromatic rings. The largest absolute Gasteiger partial charge is 0.483 e. The van der Waals surface area contributed by atoms with Gasteiger partial charge in [0.2, 0.25) is 0 Å². The smallest absolute Gasteiger partial charge is 0.277 e. The van der Waals surface area contributed by atoms with Crippen molar-refractivity contribution in [1.29, 1.82) is 0 Å². The molecule has 8 heteroatoms. The average Bonchev–Trinajstić information content (AvgIpc) is 2.83. The van der Waals surface area contributed by atoms with Crippen LogP contribution in [-0.4, -0.2) is 36.7 Å². The Morgan fingerprint density at radius 3 is 2.69 bits per heavy atom. The van der Waals surface area contributed by atoms with E-state index in [-0.39, 0.29) is 12.3 Å². The van der Waals surface area contributed by atoms with Crippen LogP contribution < -0.4 is 15.1 Å². The minimum atomic E-state index is -0.437. The standard InChI is InChI=1S/C24H24N4O4/c29-24(17-32-23-10-6-8-18-7-2-3-9-21(18)23)26-25-16-19-15-20(28(30)31)11-12-22(19)27-13-4-1-5-14-27/h2-3,6-12,15-16H,1,4-5,13-14,17H2,(H,26,29)/b25-16+. The molecule has 1 heterocycles. The SMILES string of the molecule is O=C(COc1cccc2ccccc12)N/N=C/c1cc([N+](=O)[O-])ccc1N1CCCCC1. The summed E-state index contributed by atoms with van der Waals surface area (Å²) >= 11 is 0. The van der Waals surface area contributed by atoms with E-state index >= 15 is 0 Å². The number of fused-ring (bicyclic) bond motifs is 1. The molecule has 3 aromatic carbocycles. The van der Waals surface area contributed by atoms with E-state index in [2.05, 4.69) is 15.4 Å². The van der Waals surface area contributed by atoms with E-state index in [9.17, 15) is 14.9 Å². The summed E-state index contributed by atoms with van der Waals surface area (Å²) in [5.74, 6) is 0.201. The van der Waals surface area contributed by atoms with Crippen LogP contribution in [0.1, 0.15) is 24.8 Å². The first-order valence-electron chi connectivity index (χ1n) is 10.6. The Hall–Kier alpha value is -3.94. The van der Waals surface area contributed by atoms with Gasteiger partial charge in [0.05, 0.1) is 11.1 Å². The van der Waals surface area contributed by atoms with Gasteiger partial charge in [-0.15, -0.1) is 0 Å². The Labute approximate surface area is 185 Å². The Morgan fingerprint density at radius 2 is 1.88 bits per heavy atom. The van der Waals surface area contributed by atoms with E-state index in [4.69, 9.17) is 4.74 Å². The van der Waals surface area contributed by atoms with Crippen LogP contribution in [0.4, 0.5) is 11.4 Å². The van der Waals surface area contributed by atoms with Crippen LogP contribution >= 0.6 is 0 Å². The van der Waals surface area contributed by atoms with E-state index in [0.29, 0.717) is 11.3 Å². The van der Waals surface area contributed by atoms with Crippen molar-refractivity contribution in [2.75, 3.05) is 24.6 Å². The maximum absolute atomic E-state index is 12.2. The summed E-state index contributed by atoms with van der Waals surface area (Å²) in [7, 11) is 0. The van der Waals surface area contributed by atoms with Gasteiger partial charge in [-0.1, -0.05) is 36.4 Å². The lowest BCUT2D eigenvalue weighted by Crippen LogP contribution is -2.30. The maximum atomic E-state index is 12.2. The number of nitrogens with zero attached hydrogens (tertiary/aromatic N) is 3. The number of benzene rings is 3. The second-order valence-electron chi connectivity index (χ2n) is 7.61. The number of hydrogen-bond donors (Lipinski definition) is 1. The van der Waals surface area contributed by atoms with E-state index in [0.717, 1.165) is 42.4 Å². The zero-order valence-electron chi connectivity index (χ0n) is 17.6. The van der Waals surface area contributed by atoms with E-state index in [1.165, 1.54) is 24.8 Å². The summed E-state index contributed by atoms with van der Waals surface area (Å²) in [6.07, 6.45) is 4.79. The van der Waals surface area contributed by atoms with Crippen molar-refractivity contribution in [3.8, 4) is 5.75 Å². The van der Waals surface area contributed by atoms with Crippen molar-refractivity contribution in [2.24, 2.45) is 5.10 Å². The molecule has 1 aliphatic heterocycles. The number of carbonyl (C=O) groups is 1.